The lowest BCUT2D eigenvalue weighted by Crippen LogP contribution is -2.34. The number of esters is 1. The van der Waals surface area contributed by atoms with Crippen LogP contribution in [0.4, 0.5) is 4.79 Å². The number of carbonyl (C=O) groups is 2. The van der Waals surface area contributed by atoms with E-state index in [0.29, 0.717) is 105 Å². The molecule has 1 amide bonds. The summed E-state index contributed by atoms with van der Waals surface area (Å²) in [5, 5.41) is 2.63. The van der Waals surface area contributed by atoms with Crippen LogP contribution in [0, 0.1) is 0 Å². The monoisotopic (exact) mass is 595 g/mol. The Hall–Kier alpha value is -1.54. The third kappa shape index (κ3) is 34.6. The first-order valence-electron chi connectivity index (χ1n) is 15.0. The number of hydrogen-bond acceptors (Lipinski definition) is 11. The summed E-state index contributed by atoms with van der Waals surface area (Å²) in [5.74, 6) is -0.150. The van der Waals surface area contributed by atoms with Gasteiger partial charge in [0.25, 0.3) is 0 Å². The molecule has 0 rings (SSSR count). The van der Waals surface area contributed by atoms with Gasteiger partial charge in [-0.3, -0.25) is 4.79 Å². The molecule has 0 bridgehead atoms. The van der Waals surface area contributed by atoms with Crippen molar-refractivity contribution in [2.24, 2.45) is 0 Å². The second-order valence-electron chi connectivity index (χ2n) is 10.1. The summed E-state index contributed by atoms with van der Waals surface area (Å²) in [6.45, 7) is 14.7. The van der Waals surface area contributed by atoms with Gasteiger partial charge in [-0.25, -0.2) is 4.79 Å². The highest BCUT2D eigenvalue weighted by Crippen LogP contribution is 2.06. The lowest BCUT2D eigenvalue weighted by atomic mass is 10.1. The van der Waals surface area contributed by atoms with Crippen LogP contribution in [0.5, 0.6) is 0 Å². The Bertz CT molecular complexity index is 588. The molecule has 0 aromatic rings. The topological polar surface area (TPSA) is 129 Å². The summed E-state index contributed by atoms with van der Waals surface area (Å²) in [4.78, 5) is 23.1. The van der Waals surface area contributed by atoms with Crippen LogP contribution < -0.4 is 5.32 Å². The van der Waals surface area contributed by atoms with Crippen molar-refractivity contribution in [3.63, 3.8) is 0 Å². The third-order valence-corrected chi connectivity index (χ3v) is 5.12. The predicted molar refractivity (Wildman–Crippen MR) is 154 cm³/mol. The molecule has 0 unspecified atom stereocenters. The normalized spacial score (nSPS) is 11.5. The molecule has 0 aromatic carbocycles. The van der Waals surface area contributed by atoms with Crippen molar-refractivity contribution in [3.8, 4) is 0 Å². The van der Waals surface area contributed by atoms with E-state index < -0.39 is 11.7 Å². The van der Waals surface area contributed by atoms with E-state index in [1.807, 2.05) is 20.8 Å². The largest absolute Gasteiger partial charge is 0.463 e. The fourth-order valence-electron chi connectivity index (χ4n) is 3.12. The molecule has 12 nitrogen and oxygen atoms in total. The molecule has 0 spiro atoms. The molecule has 1 N–H and O–H groups in total. The summed E-state index contributed by atoms with van der Waals surface area (Å²) in [7, 11) is 0. The van der Waals surface area contributed by atoms with Gasteiger partial charge >= 0.3 is 12.1 Å². The van der Waals surface area contributed by atoms with E-state index in [4.69, 9.17) is 42.6 Å². The van der Waals surface area contributed by atoms with E-state index in [2.05, 4.69) is 12.2 Å². The average molecular weight is 596 g/mol. The number of alkyl carbamates (subject to hydrolysis) is 1. The quantitative estimate of drug-likeness (QED) is 0.0967. The standard InChI is InChI=1S/C29H57NO11/c1-5-6-7-8-9-10-27(31)40-26-25-39-24-23-38-22-21-37-20-19-36-18-17-35-16-15-34-14-13-33-12-11-30-28(32)41-29(2,3)4/h5-26H2,1-4H3,(H,30,32). The lowest BCUT2D eigenvalue weighted by molar-refractivity contribution is -0.145. The van der Waals surface area contributed by atoms with Crippen LogP contribution in [0.1, 0.15) is 66.2 Å². The summed E-state index contributed by atoms with van der Waals surface area (Å²) in [6.07, 6.45) is 5.61. The van der Waals surface area contributed by atoms with Gasteiger partial charge in [-0.05, 0) is 27.2 Å². The van der Waals surface area contributed by atoms with Gasteiger partial charge in [0, 0.05) is 13.0 Å². The summed E-state index contributed by atoms with van der Waals surface area (Å²) >= 11 is 0. The van der Waals surface area contributed by atoms with Crippen molar-refractivity contribution in [3.05, 3.63) is 0 Å². The minimum atomic E-state index is -0.510. The van der Waals surface area contributed by atoms with Crippen LogP contribution in [0.15, 0.2) is 0 Å². The molecule has 0 atom stereocenters. The average Bonchev–Trinajstić information content (AvgIpc) is 2.92. The Labute approximate surface area is 247 Å². The van der Waals surface area contributed by atoms with E-state index >= 15 is 0 Å². The second kappa shape index (κ2) is 29.9. The van der Waals surface area contributed by atoms with Crippen LogP contribution in [-0.2, 0) is 47.4 Å². The molecule has 12 heteroatoms. The van der Waals surface area contributed by atoms with E-state index in [9.17, 15) is 9.59 Å². The minimum Gasteiger partial charge on any atom is -0.463 e. The number of ether oxygens (including phenoxy) is 9. The van der Waals surface area contributed by atoms with Crippen LogP contribution in [-0.4, -0.2) is 123 Å². The molecule has 0 aliphatic carbocycles. The zero-order valence-corrected chi connectivity index (χ0v) is 26.0. The Morgan fingerprint density at radius 2 is 0.927 bits per heavy atom. The minimum absolute atomic E-state index is 0.150. The van der Waals surface area contributed by atoms with Gasteiger partial charge in [0.15, 0.2) is 0 Å². The van der Waals surface area contributed by atoms with Gasteiger partial charge in [0.1, 0.15) is 12.2 Å². The Morgan fingerprint density at radius 1 is 0.537 bits per heavy atom. The molecule has 0 aromatic heterocycles. The molecule has 0 aliphatic rings. The van der Waals surface area contributed by atoms with Gasteiger partial charge in [-0.2, -0.15) is 0 Å². The molecule has 0 radical (unpaired) electrons. The van der Waals surface area contributed by atoms with Crippen molar-refractivity contribution in [1.82, 2.24) is 5.32 Å². The highest BCUT2D eigenvalue weighted by atomic mass is 16.6. The molecule has 0 heterocycles. The lowest BCUT2D eigenvalue weighted by Gasteiger charge is -2.19. The maximum Gasteiger partial charge on any atom is 0.407 e. The zero-order chi connectivity index (χ0) is 30.3. The predicted octanol–water partition coefficient (Wildman–Crippen LogP) is 3.53. The molecule has 0 saturated carbocycles. The van der Waals surface area contributed by atoms with E-state index in [0.717, 1.165) is 12.8 Å². The SMILES string of the molecule is CCCCCCCC(=O)OCCOCCOCCOCCOCCOCCOCCOCCNC(=O)OC(C)(C)C. The van der Waals surface area contributed by atoms with Crippen LogP contribution in [0.2, 0.25) is 0 Å². The fraction of sp³-hybridized carbons (Fsp3) is 0.931. The number of carbonyl (C=O) groups excluding carboxylic acids is 2. The van der Waals surface area contributed by atoms with Crippen molar-refractivity contribution >= 4 is 12.1 Å². The second-order valence-corrected chi connectivity index (χ2v) is 10.1. The summed E-state index contributed by atoms with van der Waals surface area (Å²) in [5.41, 5.74) is -0.510. The Kier molecular flexibility index (Phi) is 28.8. The zero-order valence-electron chi connectivity index (χ0n) is 26.0. The number of rotatable bonds is 30. The van der Waals surface area contributed by atoms with Crippen molar-refractivity contribution in [2.75, 3.05) is 106 Å². The Balaban J connectivity index is 3.15. The molecule has 0 fully saturated rings. The van der Waals surface area contributed by atoms with Crippen molar-refractivity contribution < 1.29 is 52.2 Å². The molecule has 0 aliphatic heterocycles. The Morgan fingerprint density at radius 3 is 1.34 bits per heavy atom. The fourth-order valence-corrected chi connectivity index (χ4v) is 3.12. The van der Waals surface area contributed by atoms with Gasteiger partial charge in [0.05, 0.1) is 92.5 Å². The van der Waals surface area contributed by atoms with Crippen molar-refractivity contribution in [1.29, 1.82) is 0 Å². The first-order chi connectivity index (χ1) is 19.8. The first-order valence-corrected chi connectivity index (χ1v) is 15.0. The number of unbranched alkanes of at least 4 members (excludes halogenated alkanes) is 4. The van der Waals surface area contributed by atoms with E-state index in [1.165, 1.54) is 19.3 Å². The molecule has 41 heavy (non-hydrogen) atoms. The molecule has 0 saturated heterocycles. The van der Waals surface area contributed by atoms with Crippen LogP contribution in [0.25, 0.3) is 0 Å². The van der Waals surface area contributed by atoms with E-state index in [1.54, 1.807) is 0 Å². The van der Waals surface area contributed by atoms with Gasteiger partial charge in [-0.1, -0.05) is 32.6 Å². The molecular formula is C29H57NO11. The molecular weight excluding hydrogens is 538 g/mol. The summed E-state index contributed by atoms with van der Waals surface area (Å²) < 4.78 is 48.2. The molecule has 244 valence electrons. The maximum atomic E-state index is 11.6. The maximum absolute atomic E-state index is 11.6. The number of nitrogens with one attached hydrogen (secondary N) is 1. The highest BCUT2D eigenvalue weighted by Gasteiger charge is 2.15. The smallest absolute Gasteiger partial charge is 0.407 e. The highest BCUT2D eigenvalue weighted by molar-refractivity contribution is 5.69. The summed E-state index contributed by atoms with van der Waals surface area (Å²) in [6, 6.07) is 0. The van der Waals surface area contributed by atoms with Crippen LogP contribution in [0.3, 0.4) is 0 Å². The third-order valence-electron chi connectivity index (χ3n) is 5.12. The van der Waals surface area contributed by atoms with Crippen molar-refractivity contribution in [2.45, 2.75) is 71.8 Å². The number of hydrogen-bond donors (Lipinski definition) is 1. The van der Waals surface area contributed by atoms with E-state index in [-0.39, 0.29) is 12.6 Å². The van der Waals surface area contributed by atoms with Crippen LogP contribution >= 0.6 is 0 Å². The first kappa shape index (κ1) is 39.5. The van der Waals surface area contributed by atoms with Gasteiger partial charge in [-0.15, -0.1) is 0 Å². The van der Waals surface area contributed by atoms with Gasteiger partial charge < -0.3 is 47.9 Å². The van der Waals surface area contributed by atoms with Gasteiger partial charge in [0.2, 0.25) is 0 Å². The number of amides is 1.